The molecule has 0 spiro atoms. The van der Waals surface area contributed by atoms with Crippen LogP contribution in [0.2, 0.25) is 0 Å². The Morgan fingerprint density at radius 2 is 1.80 bits per heavy atom. The molecule has 1 aliphatic heterocycles. The Balaban J connectivity index is 1.46. The van der Waals surface area contributed by atoms with Crippen LogP contribution in [0.3, 0.4) is 0 Å². The zero-order valence-electron chi connectivity index (χ0n) is 21.9. The predicted octanol–water partition coefficient (Wildman–Crippen LogP) is 2.51. The lowest BCUT2D eigenvalue weighted by molar-refractivity contribution is -0.231. The highest BCUT2D eigenvalue weighted by Gasteiger charge is 2.44. The second-order valence-corrected chi connectivity index (χ2v) is 9.89. The Morgan fingerprint density at radius 3 is 2.52 bits per heavy atom. The van der Waals surface area contributed by atoms with E-state index < -0.39 is 42.9 Å². The van der Waals surface area contributed by atoms with E-state index in [1.807, 2.05) is 24.3 Å². The van der Waals surface area contributed by atoms with Gasteiger partial charge in [-0.1, -0.05) is 6.07 Å². The smallest absolute Gasteiger partial charge is 0.485 e. The third kappa shape index (κ3) is 5.47. The summed E-state index contributed by atoms with van der Waals surface area (Å²) in [5.41, 5.74) is 2.81. The molecule has 4 aromatic rings. The van der Waals surface area contributed by atoms with Gasteiger partial charge < -0.3 is 43.2 Å². The van der Waals surface area contributed by atoms with Crippen LogP contribution in [0.4, 0.5) is 0 Å². The number of ether oxygens (including phenoxy) is 2. The van der Waals surface area contributed by atoms with E-state index in [1.165, 1.54) is 6.07 Å². The lowest BCUT2D eigenvalue weighted by Gasteiger charge is -2.40. The standard InChI is InChI=1S/C29H30O11/c1-14-9-22(37-13-24-15(2)38-29(35)40-24)19(11-18(14)28-27(34)26(33)25(32)23(12-30)39-28)20(31)5-3-16-4-6-21-17(10-16)7-8-36-21/h4,6-11,23,25-28,30,32-34H,3,5,12-13H2,1-2H3. The zero-order chi connectivity index (χ0) is 28.6. The van der Waals surface area contributed by atoms with Crippen molar-refractivity contribution in [3.05, 3.63) is 87.1 Å². The van der Waals surface area contributed by atoms with Gasteiger partial charge in [0.1, 0.15) is 48.5 Å². The van der Waals surface area contributed by atoms with Crippen LogP contribution in [-0.4, -0.2) is 57.2 Å². The molecule has 212 valence electrons. The van der Waals surface area contributed by atoms with E-state index in [0.717, 1.165) is 16.5 Å². The number of hydrogen-bond acceptors (Lipinski definition) is 11. The average Bonchev–Trinajstić information content (AvgIpc) is 3.54. The summed E-state index contributed by atoms with van der Waals surface area (Å²) in [4.78, 5) is 25.0. The van der Waals surface area contributed by atoms with Crippen molar-refractivity contribution < 1.29 is 47.9 Å². The Labute approximate surface area is 228 Å². The molecule has 1 fully saturated rings. The molecule has 11 heteroatoms. The third-order valence-corrected chi connectivity index (χ3v) is 7.22. The monoisotopic (exact) mass is 554 g/mol. The second kappa shape index (κ2) is 11.4. The molecule has 3 heterocycles. The maximum atomic E-state index is 13.6. The first-order valence-corrected chi connectivity index (χ1v) is 12.8. The third-order valence-electron chi connectivity index (χ3n) is 7.22. The molecule has 0 saturated carbocycles. The quantitative estimate of drug-likeness (QED) is 0.224. The molecule has 4 N–H and O–H groups in total. The highest BCUT2D eigenvalue weighted by Crippen LogP contribution is 2.37. The molecule has 40 heavy (non-hydrogen) atoms. The minimum Gasteiger partial charge on any atom is -0.485 e. The Morgan fingerprint density at radius 1 is 1.00 bits per heavy atom. The van der Waals surface area contributed by atoms with Crippen LogP contribution < -0.4 is 10.6 Å². The van der Waals surface area contributed by atoms with Gasteiger partial charge in [0, 0.05) is 11.8 Å². The molecule has 5 rings (SSSR count). The summed E-state index contributed by atoms with van der Waals surface area (Å²) in [6, 6.07) is 10.6. The number of aliphatic hydroxyl groups is 4. The van der Waals surface area contributed by atoms with Crippen molar-refractivity contribution in [3.8, 4) is 5.75 Å². The number of carbonyl (C=O) groups excluding carboxylic acids is 1. The molecular formula is C29H30O11. The van der Waals surface area contributed by atoms with Crippen molar-refractivity contribution in [1.29, 1.82) is 0 Å². The Bertz CT molecular complexity index is 1560. The van der Waals surface area contributed by atoms with Crippen LogP contribution >= 0.6 is 0 Å². The number of fused-ring (bicyclic) bond motifs is 1. The molecule has 0 bridgehead atoms. The second-order valence-electron chi connectivity index (χ2n) is 9.89. The summed E-state index contributed by atoms with van der Waals surface area (Å²) >= 11 is 0. The van der Waals surface area contributed by atoms with Crippen LogP contribution in [0.1, 0.15) is 51.1 Å². The van der Waals surface area contributed by atoms with Gasteiger partial charge in [-0.3, -0.25) is 4.79 Å². The highest BCUT2D eigenvalue weighted by atomic mass is 16.6. The predicted molar refractivity (Wildman–Crippen MR) is 139 cm³/mol. The van der Waals surface area contributed by atoms with Gasteiger partial charge in [0.2, 0.25) is 0 Å². The van der Waals surface area contributed by atoms with Crippen molar-refractivity contribution in [1.82, 2.24) is 0 Å². The highest BCUT2D eigenvalue weighted by molar-refractivity contribution is 5.99. The number of hydrogen-bond donors (Lipinski definition) is 4. The molecule has 0 aliphatic carbocycles. The molecule has 2 aromatic carbocycles. The zero-order valence-corrected chi connectivity index (χ0v) is 21.9. The minimum absolute atomic E-state index is 0.122. The first-order valence-electron chi connectivity index (χ1n) is 12.8. The van der Waals surface area contributed by atoms with Gasteiger partial charge in [-0.15, -0.1) is 0 Å². The lowest BCUT2D eigenvalue weighted by atomic mass is 9.87. The first-order chi connectivity index (χ1) is 19.2. The van der Waals surface area contributed by atoms with E-state index in [-0.39, 0.29) is 41.6 Å². The van der Waals surface area contributed by atoms with Gasteiger partial charge in [0.05, 0.1) is 18.4 Å². The topological polar surface area (TPSA) is 173 Å². The van der Waals surface area contributed by atoms with Crippen molar-refractivity contribution in [3.63, 3.8) is 0 Å². The molecular weight excluding hydrogens is 524 g/mol. The lowest BCUT2D eigenvalue weighted by Crippen LogP contribution is -2.55. The van der Waals surface area contributed by atoms with Crippen LogP contribution in [0.15, 0.2) is 60.7 Å². The number of aliphatic hydroxyl groups excluding tert-OH is 4. The summed E-state index contributed by atoms with van der Waals surface area (Å²) in [5.74, 6) is -0.492. The van der Waals surface area contributed by atoms with E-state index in [0.29, 0.717) is 17.5 Å². The van der Waals surface area contributed by atoms with E-state index in [9.17, 15) is 30.0 Å². The minimum atomic E-state index is -1.57. The summed E-state index contributed by atoms with van der Waals surface area (Å²) in [7, 11) is 0. The maximum absolute atomic E-state index is 13.6. The van der Waals surface area contributed by atoms with Gasteiger partial charge in [-0.2, -0.15) is 0 Å². The van der Waals surface area contributed by atoms with Gasteiger partial charge >= 0.3 is 5.82 Å². The number of ketones is 1. The molecule has 2 aromatic heterocycles. The molecule has 5 unspecified atom stereocenters. The van der Waals surface area contributed by atoms with Crippen LogP contribution in [0.25, 0.3) is 11.0 Å². The SMILES string of the molecule is Cc1cc(OCc2oc(=O)oc2C)c(C(=O)CCc2ccc3occc3c2)cc1C1OC(CO)C(O)C(O)C1O. The summed E-state index contributed by atoms with van der Waals surface area (Å²) in [6.07, 6.45) is -4.70. The Hall–Kier alpha value is -3.74. The van der Waals surface area contributed by atoms with Gasteiger partial charge in [-0.05, 0) is 67.3 Å². The van der Waals surface area contributed by atoms with E-state index >= 15 is 0 Å². The number of Topliss-reactive ketones (excluding diaryl/α,β-unsaturated/α-hetero) is 1. The van der Waals surface area contributed by atoms with Crippen LogP contribution in [0, 0.1) is 13.8 Å². The van der Waals surface area contributed by atoms with Crippen molar-refractivity contribution in [2.75, 3.05) is 6.61 Å². The maximum Gasteiger partial charge on any atom is 0.519 e. The van der Waals surface area contributed by atoms with E-state index in [1.54, 1.807) is 26.2 Å². The fourth-order valence-electron chi connectivity index (χ4n) is 4.91. The molecule has 1 saturated heterocycles. The summed E-state index contributed by atoms with van der Waals surface area (Å²) < 4.78 is 26.9. The molecule has 11 nitrogen and oxygen atoms in total. The summed E-state index contributed by atoms with van der Waals surface area (Å²) in [5, 5.41) is 41.8. The molecule has 1 aliphatic rings. The number of aryl methyl sites for hydroxylation is 3. The molecule has 0 amide bonds. The largest absolute Gasteiger partial charge is 0.519 e. The Kier molecular flexibility index (Phi) is 7.92. The van der Waals surface area contributed by atoms with Gasteiger partial charge in [-0.25, -0.2) is 4.79 Å². The van der Waals surface area contributed by atoms with Crippen LogP contribution in [-0.2, 0) is 17.8 Å². The van der Waals surface area contributed by atoms with Gasteiger partial charge in [0.15, 0.2) is 17.3 Å². The van der Waals surface area contributed by atoms with Crippen molar-refractivity contribution in [2.45, 2.75) is 63.8 Å². The van der Waals surface area contributed by atoms with E-state index in [4.69, 9.17) is 22.7 Å². The number of benzene rings is 2. The van der Waals surface area contributed by atoms with Gasteiger partial charge in [0.25, 0.3) is 0 Å². The summed E-state index contributed by atoms with van der Waals surface area (Å²) in [6.45, 7) is 2.51. The van der Waals surface area contributed by atoms with Crippen molar-refractivity contribution in [2.24, 2.45) is 0 Å². The fraction of sp³-hybridized carbons (Fsp3) is 0.379. The fourth-order valence-corrected chi connectivity index (χ4v) is 4.91. The average molecular weight is 555 g/mol. The van der Waals surface area contributed by atoms with Crippen molar-refractivity contribution >= 4 is 16.8 Å². The number of carbonyl (C=O) groups is 1. The van der Waals surface area contributed by atoms with Crippen LogP contribution in [0.5, 0.6) is 5.75 Å². The first kappa shape index (κ1) is 27.8. The number of furan rings is 1. The normalized spacial score (nSPS) is 23.0. The number of rotatable bonds is 9. The molecule has 0 radical (unpaired) electrons. The van der Waals surface area contributed by atoms with E-state index in [2.05, 4.69) is 0 Å². The molecule has 5 atom stereocenters.